The summed E-state index contributed by atoms with van der Waals surface area (Å²) < 4.78 is 37.2. The Morgan fingerprint density at radius 1 is 1.06 bits per heavy atom. The maximum Gasteiger partial charge on any atom is 0.236 e. The predicted octanol–water partition coefficient (Wildman–Crippen LogP) is 2.41. The molecule has 0 saturated carbocycles. The van der Waals surface area contributed by atoms with Gasteiger partial charge in [0.2, 0.25) is 15.9 Å². The molecule has 2 heterocycles. The Bertz CT molecular complexity index is 888. The van der Waals surface area contributed by atoms with E-state index in [1.54, 1.807) is 30.3 Å². The molecule has 0 N–H and O–H groups in total. The van der Waals surface area contributed by atoms with Crippen molar-refractivity contribution in [2.24, 2.45) is 0 Å². The smallest absolute Gasteiger partial charge is 0.236 e. The summed E-state index contributed by atoms with van der Waals surface area (Å²) in [7, 11) is 0.117. The number of amides is 1. The number of nitrogens with zero attached hydrogens (tertiary/aromatic N) is 3. The summed E-state index contributed by atoms with van der Waals surface area (Å²) in [6.45, 7) is 7.61. The van der Waals surface area contributed by atoms with Gasteiger partial charge < -0.3 is 14.4 Å². The van der Waals surface area contributed by atoms with Gasteiger partial charge in [-0.2, -0.15) is 4.31 Å². The van der Waals surface area contributed by atoms with Crippen molar-refractivity contribution in [2.75, 3.05) is 59.2 Å². The second-order valence-electron chi connectivity index (χ2n) is 8.08. The van der Waals surface area contributed by atoms with E-state index < -0.39 is 10.0 Å². The van der Waals surface area contributed by atoms with E-state index in [0.29, 0.717) is 45.7 Å². The van der Waals surface area contributed by atoms with Gasteiger partial charge in [-0.25, -0.2) is 8.42 Å². The van der Waals surface area contributed by atoms with Crippen molar-refractivity contribution in [3.8, 4) is 11.5 Å². The average molecular weight is 486 g/mol. The predicted molar refractivity (Wildman–Crippen MR) is 128 cm³/mol. The molecule has 0 spiro atoms. The Labute approximate surface area is 196 Å². The van der Waals surface area contributed by atoms with E-state index in [1.807, 2.05) is 36.9 Å². The molecular weight excluding hydrogens is 450 g/mol. The van der Waals surface area contributed by atoms with Crippen molar-refractivity contribution in [3.05, 3.63) is 23.8 Å². The van der Waals surface area contributed by atoms with Crippen molar-refractivity contribution >= 4 is 27.7 Å². The lowest BCUT2D eigenvalue weighted by atomic mass is 10.1. The van der Waals surface area contributed by atoms with E-state index in [-0.39, 0.29) is 22.3 Å². The molecule has 0 unspecified atom stereocenters. The van der Waals surface area contributed by atoms with Crippen molar-refractivity contribution in [3.63, 3.8) is 0 Å². The molecule has 2 aliphatic heterocycles. The van der Waals surface area contributed by atoms with Gasteiger partial charge in [0.1, 0.15) is 16.9 Å². The van der Waals surface area contributed by atoms with Crippen molar-refractivity contribution in [2.45, 2.75) is 37.3 Å². The number of carbonyl (C=O) groups is 1. The van der Waals surface area contributed by atoms with Crippen LogP contribution in [0.3, 0.4) is 0 Å². The molecule has 8 nitrogen and oxygen atoms in total. The number of hydrogen-bond donors (Lipinski definition) is 0. The van der Waals surface area contributed by atoms with Crippen molar-refractivity contribution < 1.29 is 22.7 Å². The highest BCUT2D eigenvalue weighted by atomic mass is 32.2. The Morgan fingerprint density at radius 2 is 1.78 bits per heavy atom. The number of sulfonamides is 1. The van der Waals surface area contributed by atoms with Gasteiger partial charge in [0.05, 0.1) is 25.2 Å². The maximum absolute atomic E-state index is 13.1. The molecule has 0 radical (unpaired) electrons. The van der Waals surface area contributed by atoms with E-state index in [4.69, 9.17) is 9.47 Å². The lowest BCUT2D eigenvalue weighted by Crippen LogP contribution is -2.51. The molecule has 1 aromatic carbocycles. The molecule has 1 aromatic rings. The summed E-state index contributed by atoms with van der Waals surface area (Å²) in [6, 6.07) is 5.69. The Hall–Kier alpha value is -1.49. The van der Waals surface area contributed by atoms with Gasteiger partial charge in [-0.05, 0) is 31.0 Å². The molecule has 1 amide bonds. The molecule has 2 fully saturated rings. The SMILES string of the molecule is CCCS(=O)(=O)N1CCN(CCN2C(=O)[C@@H](CC)S[C@@H]2c2cc(OC)ccc2OC)CC1. The standard InChI is InChI=1S/C22H35N3O5S2/c1-5-15-32(27,28)24-12-9-23(10-13-24)11-14-25-21(26)20(6-2)31-22(25)18-16-17(29-3)7-8-19(18)30-4/h7-8,16,20,22H,5-6,9-15H2,1-4H3/t20-,22-/m1/s1. The van der Waals surface area contributed by atoms with Crippen LogP contribution in [-0.4, -0.2) is 92.9 Å². The second-order valence-corrected chi connectivity index (χ2v) is 11.5. The van der Waals surface area contributed by atoms with Crippen LogP contribution in [0, 0.1) is 0 Å². The fourth-order valence-electron chi connectivity index (χ4n) is 4.23. The number of benzene rings is 1. The van der Waals surface area contributed by atoms with Crippen LogP contribution in [0.1, 0.15) is 37.6 Å². The van der Waals surface area contributed by atoms with Gasteiger partial charge in [0.15, 0.2) is 0 Å². The molecular formula is C22H35N3O5S2. The molecule has 0 bridgehead atoms. The van der Waals surface area contributed by atoms with Crippen LogP contribution < -0.4 is 9.47 Å². The van der Waals surface area contributed by atoms with Gasteiger partial charge in [0.25, 0.3) is 0 Å². The minimum Gasteiger partial charge on any atom is -0.497 e. The fourth-order valence-corrected chi connectivity index (χ4v) is 7.16. The van der Waals surface area contributed by atoms with Gasteiger partial charge >= 0.3 is 0 Å². The van der Waals surface area contributed by atoms with E-state index in [9.17, 15) is 13.2 Å². The summed E-state index contributed by atoms with van der Waals surface area (Å²) in [6.07, 6.45) is 1.40. The van der Waals surface area contributed by atoms with Crippen LogP contribution in [0.2, 0.25) is 0 Å². The third-order valence-electron chi connectivity index (χ3n) is 6.05. The number of hydrogen-bond acceptors (Lipinski definition) is 7. The van der Waals surface area contributed by atoms with E-state index in [2.05, 4.69) is 4.90 Å². The first kappa shape index (κ1) is 25.1. The second kappa shape index (κ2) is 11.1. The lowest BCUT2D eigenvalue weighted by molar-refractivity contribution is -0.130. The quantitative estimate of drug-likeness (QED) is 0.504. The molecule has 2 aliphatic rings. The highest BCUT2D eigenvalue weighted by Crippen LogP contribution is 2.47. The Kier molecular flexibility index (Phi) is 8.71. The number of carbonyl (C=O) groups excluding carboxylic acids is 1. The lowest BCUT2D eigenvalue weighted by Gasteiger charge is -2.35. The molecule has 0 aliphatic carbocycles. The van der Waals surface area contributed by atoms with E-state index in [1.165, 1.54) is 0 Å². The summed E-state index contributed by atoms with van der Waals surface area (Å²) in [5.41, 5.74) is 0.941. The molecule has 2 atom stereocenters. The minimum atomic E-state index is -3.15. The minimum absolute atomic E-state index is 0.0769. The van der Waals surface area contributed by atoms with Gasteiger partial charge in [-0.3, -0.25) is 9.69 Å². The number of rotatable bonds is 10. The third-order valence-corrected chi connectivity index (χ3v) is 9.76. The highest BCUT2D eigenvalue weighted by molar-refractivity contribution is 8.01. The first-order valence-electron chi connectivity index (χ1n) is 11.2. The monoisotopic (exact) mass is 485 g/mol. The van der Waals surface area contributed by atoms with Crippen LogP contribution in [0.5, 0.6) is 11.5 Å². The van der Waals surface area contributed by atoms with Crippen LogP contribution in [0.4, 0.5) is 0 Å². The number of methoxy groups -OCH3 is 2. The normalized spacial score (nSPS) is 23.0. The van der Waals surface area contributed by atoms with Gasteiger partial charge in [-0.1, -0.05) is 13.8 Å². The first-order valence-corrected chi connectivity index (χ1v) is 13.8. The molecule has 180 valence electrons. The number of piperazine rings is 1. The topological polar surface area (TPSA) is 79.4 Å². The molecule has 32 heavy (non-hydrogen) atoms. The Morgan fingerprint density at radius 3 is 2.38 bits per heavy atom. The van der Waals surface area contributed by atoms with Crippen molar-refractivity contribution in [1.29, 1.82) is 0 Å². The summed E-state index contributed by atoms with van der Waals surface area (Å²) in [4.78, 5) is 17.3. The number of thioether (sulfide) groups is 1. The zero-order chi connectivity index (χ0) is 23.3. The number of ether oxygens (including phenoxy) is 2. The zero-order valence-corrected chi connectivity index (χ0v) is 21.1. The largest absolute Gasteiger partial charge is 0.497 e. The molecule has 3 rings (SSSR count). The third kappa shape index (κ3) is 5.52. The average Bonchev–Trinajstić information content (AvgIpc) is 3.12. The maximum atomic E-state index is 13.1. The summed E-state index contributed by atoms with van der Waals surface area (Å²) >= 11 is 1.66. The van der Waals surface area contributed by atoms with Crippen LogP contribution in [0.25, 0.3) is 0 Å². The van der Waals surface area contributed by atoms with Crippen LogP contribution in [0.15, 0.2) is 18.2 Å². The van der Waals surface area contributed by atoms with Crippen LogP contribution in [-0.2, 0) is 14.8 Å². The fraction of sp³-hybridized carbons (Fsp3) is 0.682. The highest BCUT2D eigenvalue weighted by Gasteiger charge is 2.41. The Balaban J connectivity index is 1.69. The molecule has 0 aromatic heterocycles. The van der Waals surface area contributed by atoms with E-state index in [0.717, 1.165) is 23.5 Å². The van der Waals surface area contributed by atoms with Crippen molar-refractivity contribution in [1.82, 2.24) is 14.1 Å². The van der Waals surface area contributed by atoms with Gasteiger partial charge in [0, 0.05) is 44.8 Å². The van der Waals surface area contributed by atoms with Crippen LogP contribution >= 0.6 is 11.8 Å². The van der Waals surface area contributed by atoms with E-state index >= 15 is 0 Å². The summed E-state index contributed by atoms with van der Waals surface area (Å²) in [5.74, 6) is 1.83. The molecule has 2 saturated heterocycles. The first-order chi connectivity index (χ1) is 15.3. The summed E-state index contributed by atoms with van der Waals surface area (Å²) in [5, 5.41) is -0.212. The van der Waals surface area contributed by atoms with Gasteiger partial charge in [-0.15, -0.1) is 11.8 Å². The zero-order valence-electron chi connectivity index (χ0n) is 19.5. The molecule has 10 heteroatoms.